The highest BCUT2D eigenvalue weighted by Crippen LogP contribution is 2.19. The van der Waals surface area contributed by atoms with Gasteiger partial charge in [0.1, 0.15) is 6.42 Å². The highest BCUT2D eigenvalue weighted by atomic mass is 32.2. The quantitative estimate of drug-likeness (QED) is 0.865. The molecule has 3 N–H and O–H groups in total. The van der Waals surface area contributed by atoms with Crippen molar-refractivity contribution in [2.24, 2.45) is 5.14 Å². The van der Waals surface area contributed by atoms with Crippen molar-refractivity contribution in [2.45, 2.75) is 24.0 Å². The topological polar surface area (TPSA) is 89.3 Å². The van der Waals surface area contributed by atoms with Gasteiger partial charge in [0.05, 0.1) is 4.90 Å². The Bertz CT molecular complexity index is 570. The predicted octanol–water partition coefficient (Wildman–Crippen LogP) is 0.903. The van der Waals surface area contributed by atoms with Gasteiger partial charge in [-0.2, -0.15) is 13.2 Å². The number of nitrogens with one attached hydrogen (secondary N) is 1. The number of halogens is 3. The number of benzene rings is 1. The molecule has 0 aliphatic carbocycles. The van der Waals surface area contributed by atoms with Gasteiger partial charge in [0.2, 0.25) is 15.9 Å². The third-order valence-corrected chi connectivity index (χ3v) is 2.99. The molecule has 0 radical (unpaired) electrons. The van der Waals surface area contributed by atoms with Gasteiger partial charge in [-0.05, 0) is 17.7 Å². The summed E-state index contributed by atoms with van der Waals surface area (Å²) in [5, 5.41) is 6.94. The van der Waals surface area contributed by atoms with Crippen LogP contribution in [0.2, 0.25) is 0 Å². The summed E-state index contributed by atoms with van der Waals surface area (Å²) in [5.41, 5.74) is 0.335. The number of rotatable bonds is 4. The van der Waals surface area contributed by atoms with Crippen LogP contribution < -0.4 is 10.5 Å². The van der Waals surface area contributed by atoms with Crippen molar-refractivity contribution in [3.63, 3.8) is 0 Å². The van der Waals surface area contributed by atoms with Crippen molar-refractivity contribution in [1.29, 1.82) is 0 Å². The van der Waals surface area contributed by atoms with Crippen LogP contribution in [-0.2, 0) is 21.4 Å². The number of alkyl halides is 3. The lowest BCUT2D eigenvalue weighted by Gasteiger charge is -2.08. The summed E-state index contributed by atoms with van der Waals surface area (Å²) in [4.78, 5) is 10.8. The Balaban J connectivity index is 2.67. The van der Waals surface area contributed by atoms with Gasteiger partial charge in [-0.1, -0.05) is 12.1 Å². The highest BCUT2D eigenvalue weighted by Gasteiger charge is 2.30. The average Bonchev–Trinajstić information content (AvgIpc) is 2.23. The van der Waals surface area contributed by atoms with Crippen LogP contribution in [0.1, 0.15) is 12.0 Å². The van der Waals surface area contributed by atoms with Crippen molar-refractivity contribution in [3.05, 3.63) is 29.8 Å². The molecule has 5 nitrogen and oxygen atoms in total. The molecule has 1 rings (SSSR count). The smallest absolute Gasteiger partial charge is 0.352 e. The fraction of sp³-hybridized carbons (Fsp3) is 0.300. The van der Waals surface area contributed by atoms with E-state index in [1.54, 1.807) is 0 Å². The second-order valence-electron chi connectivity index (χ2n) is 3.76. The summed E-state index contributed by atoms with van der Waals surface area (Å²) < 4.78 is 57.8. The van der Waals surface area contributed by atoms with Gasteiger partial charge in [0.25, 0.3) is 0 Å². The Morgan fingerprint density at radius 1 is 1.32 bits per heavy atom. The lowest BCUT2D eigenvalue weighted by atomic mass is 10.2. The Morgan fingerprint density at radius 2 is 1.95 bits per heavy atom. The maximum absolute atomic E-state index is 11.9. The first-order valence-corrected chi connectivity index (χ1v) is 6.58. The first kappa shape index (κ1) is 15.4. The van der Waals surface area contributed by atoms with Crippen LogP contribution >= 0.6 is 0 Å². The molecule has 0 saturated carbocycles. The van der Waals surface area contributed by atoms with Crippen molar-refractivity contribution in [1.82, 2.24) is 5.32 Å². The minimum atomic E-state index is -4.58. The molecule has 0 atom stereocenters. The zero-order valence-electron chi connectivity index (χ0n) is 9.57. The van der Waals surface area contributed by atoms with Gasteiger partial charge >= 0.3 is 6.18 Å². The van der Waals surface area contributed by atoms with Crippen LogP contribution in [0, 0.1) is 0 Å². The Labute approximate surface area is 107 Å². The van der Waals surface area contributed by atoms with E-state index in [-0.39, 0.29) is 11.4 Å². The lowest BCUT2D eigenvalue weighted by molar-refractivity contribution is -0.153. The SMILES string of the molecule is NS(=O)(=O)c1cccc(CNC(=O)CC(F)(F)F)c1. The molecule has 0 aliphatic rings. The second kappa shape index (κ2) is 5.57. The number of carbonyl (C=O) groups excluding carboxylic acids is 1. The Kier molecular flexibility index (Phi) is 4.53. The van der Waals surface area contributed by atoms with Crippen molar-refractivity contribution in [3.8, 4) is 0 Å². The Hall–Kier alpha value is -1.61. The van der Waals surface area contributed by atoms with E-state index in [0.29, 0.717) is 5.56 Å². The van der Waals surface area contributed by atoms with Gasteiger partial charge in [-0.25, -0.2) is 13.6 Å². The molecule has 0 fully saturated rings. The van der Waals surface area contributed by atoms with E-state index >= 15 is 0 Å². The largest absolute Gasteiger partial charge is 0.397 e. The average molecular weight is 296 g/mol. The van der Waals surface area contributed by atoms with E-state index in [0.717, 1.165) is 0 Å². The fourth-order valence-electron chi connectivity index (χ4n) is 1.28. The van der Waals surface area contributed by atoms with Crippen LogP contribution in [0.25, 0.3) is 0 Å². The van der Waals surface area contributed by atoms with Crippen molar-refractivity contribution >= 4 is 15.9 Å². The first-order chi connectivity index (χ1) is 8.58. The third-order valence-electron chi connectivity index (χ3n) is 2.08. The van der Waals surface area contributed by atoms with E-state index < -0.39 is 28.5 Å². The number of hydrogen-bond donors (Lipinski definition) is 2. The van der Waals surface area contributed by atoms with Gasteiger partial charge in [-0.3, -0.25) is 4.79 Å². The maximum atomic E-state index is 11.9. The zero-order chi connectivity index (χ0) is 14.7. The molecule has 0 aliphatic heterocycles. The van der Waals surface area contributed by atoms with E-state index in [4.69, 9.17) is 5.14 Å². The molecule has 0 aromatic heterocycles. The number of primary sulfonamides is 1. The lowest BCUT2D eigenvalue weighted by Crippen LogP contribution is -2.28. The number of nitrogens with two attached hydrogens (primary N) is 1. The zero-order valence-corrected chi connectivity index (χ0v) is 10.4. The molecule has 0 saturated heterocycles. The molecule has 1 amide bonds. The summed E-state index contributed by atoms with van der Waals surface area (Å²) in [7, 11) is -3.89. The van der Waals surface area contributed by atoms with Crippen LogP contribution in [-0.4, -0.2) is 20.5 Å². The monoisotopic (exact) mass is 296 g/mol. The second-order valence-corrected chi connectivity index (χ2v) is 5.32. The van der Waals surface area contributed by atoms with Crippen LogP contribution in [0.4, 0.5) is 13.2 Å². The maximum Gasteiger partial charge on any atom is 0.397 e. The number of hydrogen-bond acceptors (Lipinski definition) is 3. The minimum absolute atomic E-state index is 0.171. The number of carbonyl (C=O) groups is 1. The fourth-order valence-corrected chi connectivity index (χ4v) is 1.86. The summed E-state index contributed by atoms with van der Waals surface area (Å²) in [5.74, 6) is -1.19. The predicted molar refractivity (Wildman–Crippen MR) is 60.3 cm³/mol. The van der Waals surface area contributed by atoms with Gasteiger partial charge < -0.3 is 5.32 Å². The molecule has 0 bridgehead atoms. The number of sulfonamides is 1. The molecular weight excluding hydrogens is 285 g/mol. The highest BCUT2D eigenvalue weighted by molar-refractivity contribution is 7.89. The molecule has 1 aromatic rings. The van der Waals surface area contributed by atoms with E-state index in [1.807, 2.05) is 5.32 Å². The standard InChI is InChI=1S/C10H11F3N2O3S/c11-10(12,13)5-9(16)15-6-7-2-1-3-8(4-7)19(14,17)18/h1-4H,5-6H2,(H,15,16)(H2,14,17,18). The van der Waals surface area contributed by atoms with Crippen molar-refractivity contribution in [2.75, 3.05) is 0 Å². The minimum Gasteiger partial charge on any atom is -0.352 e. The van der Waals surface area contributed by atoms with Gasteiger partial charge in [-0.15, -0.1) is 0 Å². The van der Waals surface area contributed by atoms with E-state index in [1.165, 1.54) is 24.3 Å². The van der Waals surface area contributed by atoms with Gasteiger partial charge in [0.15, 0.2) is 0 Å². The van der Waals surface area contributed by atoms with E-state index in [9.17, 15) is 26.4 Å². The summed E-state index contributed by atoms with van der Waals surface area (Å²) in [6.07, 6.45) is -6.16. The summed E-state index contributed by atoms with van der Waals surface area (Å²) in [6, 6.07) is 5.27. The molecule has 0 unspecified atom stereocenters. The molecule has 0 spiro atoms. The van der Waals surface area contributed by atoms with Crippen LogP contribution in [0.3, 0.4) is 0 Å². The number of amides is 1. The third kappa shape index (κ3) is 5.71. The Morgan fingerprint density at radius 3 is 2.47 bits per heavy atom. The summed E-state index contributed by atoms with van der Waals surface area (Å²) in [6.45, 7) is -0.210. The summed E-state index contributed by atoms with van der Waals surface area (Å²) >= 11 is 0. The molecule has 19 heavy (non-hydrogen) atoms. The van der Waals surface area contributed by atoms with Gasteiger partial charge in [0, 0.05) is 6.54 Å². The molecule has 106 valence electrons. The molecule has 0 heterocycles. The van der Waals surface area contributed by atoms with Crippen LogP contribution in [0.5, 0.6) is 0 Å². The van der Waals surface area contributed by atoms with Crippen LogP contribution in [0.15, 0.2) is 29.2 Å². The molecule has 1 aromatic carbocycles. The first-order valence-electron chi connectivity index (χ1n) is 5.03. The normalized spacial score (nSPS) is 12.2. The molecular formula is C10H11F3N2O3S. The van der Waals surface area contributed by atoms with E-state index in [2.05, 4.69) is 0 Å². The van der Waals surface area contributed by atoms with Crippen molar-refractivity contribution < 1.29 is 26.4 Å². The molecule has 9 heteroatoms.